The van der Waals surface area contributed by atoms with Crippen LogP contribution in [0.1, 0.15) is 11.1 Å². The van der Waals surface area contributed by atoms with Gasteiger partial charge < -0.3 is 4.42 Å². The summed E-state index contributed by atoms with van der Waals surface area (Å²) in [5.41, 5.74) is 3.99. The second-order valence-electron chi connectivity index (χ2n) is 5.35. The van der Waals surface area contributed by atoms with Gasteiger partial charge in [0.2, 0.25) is 0 Å². The summed E-state index contributed by atoms with van der Waals surface area (Å²) in [5.74, 6) is -0.312. The van der Waals surface area contributed by atoms with E-state index in [-0.39, 0.29) is 5.76 Å². The van der Waals surface area contributed by atoms with Crippen molar-refractivity contribution >= 4 is 11.1 Å². The van der Waals surface area contributed by atoms with E-state index in [1.807, 2.05) is 43.4 Å². The Labute approximate surface area is 123 Å². The van der Waals surface area contributed by atoms with Crippen molar-refractivity contribution in [3.05, 3.63) is 70.2 Å². The number of fused-ring (bicyclic) bond motifs is 1. The SMILES string of the molecule is Cc1ccccc1CN(C)Cn1c(=O)oc2ccccc21. The van der Waals surface area contributed by atoms with E-state index in [1.54, 1.807) is 4.57 Å². The number of aryl methyl sites for hydroxylation is 1. The second-order valence-corrected chi connectivity index (χ2v) is 5.35. The van der Waals surface area contributed by atoms with Gasteiger partial charge in [-0.25, -0.2) is 4.79 Å². The number of hydrogen-bond acceptors (Lipinski definition) is 3. The maximum atomic E-state index is 12.0. The number of aromatic nitrogens is 1. The first-order valence-corrected chi connectivity index (χ1v) is 6.96. The van der Waals surface area contributed by atoms with Crippen LogP contribution in [-0.4, -0.2) is 16.5 Å². The van der Waals surface area contributed by atoms with Gasteiger partial charge in [0.05, 0.1) is 12.2 Å². The highest BCUT2D eigenvalue weighted by Gasteiger charge is 2.11. The summed E-state index contributed by atoms with van der Waals surface area (Å²) in [4.78, 5) is 14.1. The number of rotatable bonds is 4. The minimum Gasteiger partial charge on any atom is -0.408 e. The third-order valence-electron chi connectivity index (χ3n) is 3.66. The number of para-hydroxylation sites is 2. The number of oxazole rings is 1. The Kier molecular flexibility index (Phi) is 3.62. The lowest BCUT2D eigenvalue weighted by Crippen LogP contribution is -2.27. The Balaban J connectivity index is 1.84. The molecule has 0 amide bonds. The molecule has 0 N–H and O–H groups in total. The predicted molar refractivity (Wildman–Crippen MR) is 83.1 cm³/mol. The van der Waals surface area contributed by atoms with Crippen molar-refractivity contribution in [1.82, 2.24) is 9.47 Å². The minimum absolute atomic E-state index is 0.312. The summed E-state index contributed by atoms with van der Waals surface area (Å²) in [6.45, 7) is 3.39. The molecule has 1 heterocycles. The molecule has 0 bridgehead atoms. The fourth-order valence-electron chi connectivity index (χ4n) is 2.52. The molecule has 3 aromatic rings. The molecule has 4 heteroatoms. The van der Waals surface area contributed by atoms with E-state index in [0.29, 0.717) is 12.3 Å². The molecule has 1 aromatic heterocycles. The van der Waals surface area contributed by atoms with Crippen LogP contribution < -0.4 is 5.76 Å². The van der Waals surface area contributed by atoms with E-state index in [2.05, 4.69) is 24.0 Å². The summed E-state index contributed by atoms with van der Waals surface area (Å²) in [6, 6.07) is 15.8. The van der Waals surface area contributed by atoms with Crippen LogP contribution in [0.5, 0.6) is 0 Å². The molecule has 0 radical (unpaired) electrons. The fraction of sp³-hybridized carbons (Fsp3) is 0.235. The van der Waals surface area contributed by atoms with Gasteiger partial charge in [-0.2, -0.15) is 0 Å². The maximum absolute atomic E-state index is 12.0. The monoisotopic (exact) mass is 282 g/mol. The number of hydrogen-bond donors (Lipinski definition) is 0. The first-order valence-electron chi connectivity index (χ1n) is 6.96. The van der Waals surface area contributed by atoms with Crippen LogP contribution in [0.4, 0.5) is 0 Å². The van der Waals surface area contributed by atoms with Crippen LogP contribution in [0, 0.1) is 6.92 Å². The molecule has 0 aliphatic heterocycles. The van der Waals surface area contributed by atoms with Crippen molar-refractivity contribution in [2.75, 3.05) is 7.05 Å². The molecular formula is C17H18N2O2. The highest BCUT2D eigenvalue weighted by atomic mass is 16.4. The van der Waals surface area contributed by atoms with Gasteiger partial charge in [0.1, 0.15) is 0 Å². The summed E-state index contributed by atoms with van der Waals surface area (Å²) >= 11 is 0. The zero-order valence-electron chi connectivity index (χ0n) is 12.2. The average Bonchev–Trinajstić information content (AvgIpc) is 2.78. The lowest BCUT2D eigenvalue weighted by molar-refractivity contribution is 0.253. The summed E-state index contributed by atoms with van der Waals surface area (Å²) < 4.78 is 6.91. The van der Waals surface area contributed by atoms with Crippen LogP contribution in [0.2, 0.25) is 0 Å². The Morgan fingerprint density at radius 2 is 1.81 bits per heavy atom. The van der Waals surface area contributed by atoms with E-state index in [0.717, 1.165) is 12.1 Å². The van der Waals surface area contributed by atoms with E-state index in [9.17, 15) is 4.79 Å². The molecule has 0 saturated carbocycles. The first kappa shape index (κ1) is 13.6. The summed E-state index contributed by atoms with van der Waals surface area (Å²) in [6.07, 6.45) is 0. The Morgan fingerprint density at radius 1 is 1.10 bits per heavy atom. The molecule has 4 nitrogen and oxygen atoms in total. The second kappa shape index (κ2) is 5.58. The predicted octanol–water partition coefficient (Wildman–Crippen LogP) is 2.99. The van der Waals surface area contributed by atoms with Gasteiger partial charge in [-0.15, -0.1) is 0 Å². The normalized spacial score (nSPS) is 11.4. The highest BCUT2D eigenvalue weighted by molar-refractivity contribution is 5.72. The lowest BCUT2D eigenvalue weighted by Gasteiger charge is -2.18. The van der Waals surface area contributed by atoms with Crippen molar-refractivity contribution < 1.29 is 4.42 Å². The molecular weight excluding hydrogens is 264 g/mol. The summed E-state index contributed by atoms with van der Waals surface area (Å²) in [5, 5.41) is 0. The standard InChI is InChI=1S/C17H18N2O2/c1-13-7-3-4-8-14(13)11-18(2)12-19-15-9-5-6-10-16(15)21-17(19)20/h3-10H,11-12H2,1-2H3. The van der Waals surface area contributed by atoms with E-state index >= 15 is 0 Å². The van der Waals surface area contributed by atoms with Crippen LogP contribution in [-0.2, 0) is 13.2 Å². The lowest BCUT2D eigenvalue weighted by atomic mass is 10.1. The van der Waals surface area contributed by atoms with Gasteiger partial charge in [0.25, 0.3) is 0 Å². The van der Waals surface area contributed by atoms with E-state index < -0.39 is 0 Å². The Hall–Kier alpha value is -2.33. The van der Waals surface area contributed by atoms with Gasteiger partial charge in [-0.05, 0) is 37.2 Å². The molecule has 0 unspecified atom stereocenters. The van der Waals surface area contributed by atoms with Gasteiger partial charge >= 0.3 is 5.76 Å². The highest BCUT2D eigenvalue weighted by Crippen LogP contribution is 2.14. The van der Waals surface area contributed by atoms with Gasteiger partial charge in [0, 0.05) is 6.54 Å². The van der Waals surface area contributed by atoms with Crippen molar-refractivity contribution in [3.8, 4) is 0 Å². The van der Waals surface area contributed by atoms with Gasteiger partial charge in [-0.3, -0.25) is 9.47 Å². The zero-order chi connectivity index (χ0) is 14.8. The molecule has 3 rings (SSSR count). The smallest absolute Gasteiger partial charge is 0.408 e. The first-order chi connectivity index (χ1) is 10.1. The quantitative estimate of drug-likeness (QED) is 0.738. The Morgan fingerprint density at radius 3 is 2.62 bits per heavy atom. The van der Waals surface area contributed by atoms with Crippen molar-refractivity contribution in [1.29, 1.82) is 0 Å². The molecule has 0 spiro atoms. The fourth-order valence-corrected chi connectivity index (χ4v) is 2.52. The number of nitrogens with zero attached hydrogens (tertiary/aromatic N) is 2. The van der Waals surface area contributed by atoms with Crippen LogP contribution in [0.3, 0.4) is 0 Å². The molecule has 0 saturated heterocycles. The molecule has 21 heavy (non-hydrogen) atoms. The van der Waals surface area contributed by atoms with E-state index in [4.69, 9.17) is 4.42 Å². The topological polar surface area (TPSA) is 38.4 Å². The largest absolute Gasteiger partial charge is 0.421 e. The van der Waals surface area contributed by atoms with Crippen molar-refractivity contribution in [2.45, 2.75) is 20.1 Å². The molecule has 0 atom stereocenters. The third-order valence-corrected chi connectivity index (χ3v) is 3.66. The summed E-state index contributed by atoms with van der Waals surface area (Å²) in [7, 11) is 2.00. The van der Waals surface area contributed by atoms with Gasteiger partial charge in [-0.1, -0.05) is 36.4 Å². The zero-order valence-corrected chi connectivity index (χ0v) is 12.2. The van der Waals surface area contributed by atoms with Crippen molar-refractivity contribution in [2.24, 2.45) is 0 Å². The molecule has 0 aliphatic carbocycles. The van der Waals surface area contributed by atoms with Crippen LogP contribution >= 0.6 is 0 Å². The minimum atomic E-state index is -0.312. The maximum Gasteiger partial charge on any atom is 0.421 e. The average molecular weight is 282 g/mol. The van der Waals surface area contributed by atoms with Crippen LogP contribution in [0.25, 0.3) is 11.1 Å². The van der Waals surface area contributed by atoms with Gasteiger partial charge in [0.15, 0.2) is 5.58 Å². The third kappa shape index (κ3) is 2.76. The number of benzene rings is 2. The van der Waals surface area contributed by atoms with E-state index in [1.165, 1.54) is 11.1 Å². The molecule has 2 aromatic carbocycles. The molecule has 0 aliphatic rings. The Bertz CT molecular complexity index is 817. The molecule has 0 fully saturated rings. The van der Waals surface area contributed by atoms with Crippen LogP contribution in [0.15, 0.2) is 57.7 Å². The molecule has 108 valence electrons. The van der Waals surface area contributed by atoms with Crippen molar-refractivity contribution in [3.63, 3.8) is 0 Å².